The number of hydrazone groups is 1. The molecule has 0 aliphatic rings. The van der Waals surface area contributed by atoms with Crippen LogP contribution in [0.15, 0.2) is 84.0 Å². The van der Waals surface area contributed by atoms with E-state index in [2.05, 4.69) is 52.5 Å². The molecule has 0 radical (unpaired) electrons. The molecule has 0 unspecified atom stereocenters. The Kier molecular flexibility index (Phi) is 7.83. The van der Waals surface area contributed by atoms with Gasteiger partial charge in [0, 0.05) is 28.3 Å². The van der Waals surface area contributed by atoms with Crippen LogP contribution in [0.5, 0.6) is 5.75 Å². The molecule has 7 heteroatoms. The van der Waals surface area contributed by atoms with Crippen molar-refractivity contribution in [3.05, 3.63) is 113 Å². The molecule has 188 valence electrons. The van der Waals surface area contributed by atoms with Gasteiger partial charge in [-0.3, -0.25) is 9.59 Å². The summed E-state index contributed by atoms with van der Waals surface area (Å²) >= 11 is 0. The zero-order valence-electron chi connectivity index (χ0n) is 21.4. The smallest absolute Gasteiger partial charge is 0.329 e. The first-order valence-corrected chi connectivity index (χ1v) is 12.0. The maximum Gasteiger partial charge on any atom is 0.329 e. The monoisotopic (exact) mass is 494 g/mol. The Morgan fingerprint density at radius 3 is 2.32 bits per heavy atom. The van der Waals surface area contributed by atoms with Crippen molar-refractivity contribution in [2.45, 2.75) is 34.3 Å². The number of carbonyl (C=O) groups excluding carboxylic acids is 2. The average molecular weight is 495 g/mol. The van der Waals surface area contributed by atoms with Gasteiger partial charge in [-0.15, -0.1) is 0 Å². The number of ether oxygens (including phenoxy) is 1. The maximum absolute atomic E-state index is 12.3. The van der Waals surface area contributed by atoms with Crippen LogP contribution in [0.4, 0.5) is 5.69 Å². The summed E-state index contributed by atoms with van der Waals surface area (Å²) in [5.41, 5.74) is 10.2. The Bertz CT molecular complexity index is 1440. The van der Waals surface area contributed by atoms with Crippen LogP contribution in [0.1, 0.15) is 33.6 Å². The first-order chi connectivity index (χ1) is 17.8. The minimum Gasteiger partial charge on any atom is -0.489 e. The lowest BCUT2D eigenvalue weighted by Gasteiger charge is -2.13. The number of nitrogens with one attached hydrogen (secondary N) is 2. The Balaban J connectivity index is 1.32. The Morgan fingerprint density at radius 2 is 1.62 bits per heavy atom. The second kappa shape index (κ2) is 11.4. The van der Waals surface area contributed by atoms with Crippen molar-refractivity contribution in [3.8, 4) is 11.4 Å². The second-order valence-corrected chi connectivity index (χ2v) is 8.90. The summed E-state index contributed by atoms with van der Waals surface area (Å²) in [5.74, 6) is -1.01. The molecule has 4 rings (SSSR count). The number of amides is 2. The molecule has 2 amide bonds. The van der Waals surface area contributed by atoms with Crippen molar-refractivity contribution in [3.63, 3.8) is 0 Å². The summed E-state index contributed by atoms with van der Waals surface area (Å²) in [6, 6.07) is 25.0. The number of rotatable bonds is 7. The van der Waals surface area contributed by atoms with E-state index < -0.39 is 11.8 Å². The lowest BCUT2D eigenvalue weighted by Crippen LogP contribution is -2.32. The van der Waals surface area contributed by atoms with Gasteiger partial charge in [0.2, 0.25) is 0 Å². The highest BCUT2D eigenvalue weighted by Crippen LogP contribution is 2.23. The van der Waals surface area contributed by atoms with E-state index in [1.807, 2.05) is 50.2 Å². The van der Waals surface area contributed by atoms with Crippen molar-refractivity contribution in [1.29, 1.82) is 0 Å². The molecule has 0 spiro atoms. The Labute approximate surface area is 216 Å². The van der Waals surface area contributed by atoms with Crippen LogP contribution in [0, 0.1) is 27.7 Å². The standard InChI is InChI=1S/C30H30N4O3/c1-20-10-15-28(21(2)16-20)34-22(3)17-25(23(34)4)18-31-33-30(36)29(35)32-26-11-13-27(14-12-26)37-19-24-8-6-5-7-9-24/h5-18H,19H2,1-4H3,(H,32,35)(H,33,36)/b31-18-. The number of benzene rings is 3. The van der Waals surface area contributed by atoms with Gasteiger partial charge in [0.25, 0.3) is 0 Å². The van der Waals surface area contributed by atoms with Crippen LogP contribution in [0.25, 0.3) is 5.69 Å². The first-order valence-electron chi connectivity index (χ1n) is 12.0. The van der Waals surface area contributed by atoms with Gasteiger partial charge in [-0.2, -0.15) is 5.10 Å². The fraction of sp³-hybridized carbons (Fsp3) is 0.167. The van der Waals surface area contributed by atoms with Gasteiger partial charge in [0.05, 0.1) is 6.21 Å². The molecule has 3 aromatic carbocycles. The van der Waals surface area contributed by atoms with E-state index in [9.17, 15) is 9.59 Å². The van der Waals surface area contributed by atoms with Gasteiger partial charge < -0.3 is 14.6 Å². The van der Waals surface area contributed by atoms with Crippen LogP contribution in [-0.4, -0.2) is 22.6 Å². The van der Waals surface area contributed by atoms with Gasteiger partial charge in [0.1, 0.15) is 12.4 Å². The molecule has 0 aliphatic heterocycles. The van der Waals surface area contributed by atoms with E-state index in [0.717, 1.165) is 28.2 Å². The van der Waals surface area contributed by atoms with Gasteiger partial charge in [-0.1, -0.05) is 48.0 Å². The molecule has 37 heavy (non-hydrogen) atoms. The topological polar surface area (TPSA) is 84.7 Å². The largest absolute Gasteiger partial charge is 0.489 e. The fourth-order valence-corrected chi connectivity index (χ4v) is 4.12. The van der Waals surface area contributed by atoms with E-state index in [0.29, 0.717) is 18.0 Å². The zero-order valence-corrected chi connectivity index (χ0v) is 21.4. The highest BCUT2D eigenvalue weighted by atomic mass is 16.5. The SMILES string of the molecule is Cc1ccc(-n2c(C)cc(/C=N\NC(=O)C(=O)Nc3ccc(OCc4ccccc4)cc3)c2C)c(C)c1. The molecule has 4 aromatic rings. The number of carbonyl (C=O) groups is 2. The third-order valence-electron chi connectivity index (χ3n) is 6.00. The summed E-state index contributed by atoms with van der Waals surface area (Å²) < 4.78 is 7.89. The molecule has 1 heterocycles. The van der Waals surface area contributed by atoms with Crippen molar-refractivity contribution in [2.75, 3.05) is 5.32 Å². The van der Waals surface area contributed by atoms with Crippen molar-refractivity contribution >= 4 is 23.7 Å². The highest BCUT2D eigenvalue weighted by Gasteiger charge is 2.14. The lowest BCUT2D eigenvalue weighted by molar-refractivity contribution is -0.136. The van der Waals surface area contributed by atoms with Gasteiger partial charge in [-0.05, 0) is 75.2 Å². The summed E-state index contributed by atoms with van der Waals surface area (Å²) in [7, 11) is 0. The van der Waals surface area contributed by atoms with E-state index >= 15 is 0 Å². The van der Waals surface area contributed by atoms with Crippen LogP contribution < -0.4 is 15.5 Å². The minimum atomic E-state index is -0.858. The molecule has 7 nitrogen and oxygen atoms in total. The molecular formula is C30H30N4O3. The van der Waals surface area contributed by atoms with Crippen LogP contribution in [0.3, 0.4) is 0 Å². The van der Waals surface area contributed by atoms with Gasteiger partial charge >= 0.3 is 11.8 Å². The number of anilines is 1. The van der Waals surface area contributed by atoms with Crippen LogP contribution >= 0.6 is 0 Å². The Morgan fingerprint density at radius 1 is 0.892 bits per heavy atom. The summed E-state index contributed by atoms with van der Waals surface area (Å²) in [6.07, 6.45) is 1.55. The molecule has 0 fully saturated rings. The number of aryl methyl sites for hydroxylation is 3. The van der Waals surface area contributed by atoms with Gasteiger partial charge in [0.15, 0.2) is 0 Å². The van der Waals surface area contributed by atoms with Crippen molar-refractivity contribution in [2.24, 2.45) is 5.10 Å². The number of hydrogen-bond acceptors (Lipinski definition) is 4. The average Bonchev–Trinajstić information content (AvgIpc) is 3.17. The van der Waals surface area contributed by atoms with E-state index in [-0.39, 0.29) is 0 Å². The van der Waals surface area contributed by atoms with Gasteiger partial charge in [-0.25, -0.2) is 5.43 Å². The zero-order chi connectivity index (χ0) is 26.4. The summed E-state index contributed by atoms with van der Waals surface area (Å²) in [6.45, 7) is 8.61. The van der Waals surface area contributed by atoms with E-state index in [1.54, 1.807) is 30.5 Å². The summed E-state index contributed by atoms with van der Waals surface area (Å²) in [5, 5.41) is 6.56. The van der Waals surface area contributed by atoms with E-state index in [1.165, 1.54) is 11.1 Å². The number of hydrogen-bond donors (Lipinski definition) is 2. The first kappa shape index (κ1) is 25.4. The van der Waals surface area contributed by atoms with Crippen molar-refractivity contribution < 1.29 is 14.3 Å². The number of aromatic nitrogens is 1. The third-order valence-corrected chi connectivity index (χ3v) is 6.00. The molecule has 0 atom stereocenters. The number of nitrogens with zero attached hydrogens (tertiary/aromatic N) is 2. The molecular weight excluding hydrogens is 464 g/mol. The predicted molar refractivity (Wildman–Crippen MR) is 146 cm³/mol. The molecule has 0 saturated heterocycles. The normalized spacial score (nSPS) is 10.9. The molecule has 1 aromatic heterocycles. The molecule has 0 saturated carbocycles. The minimum absolute atomic E-state index is 0.444. The van der Waals surface area contributed by atoms with Crippen LogP contribution in [-0.2, 0) is 16.2 Å². The summed E-state index contributed by atoms with van der Waals surface area (Å²) in [4.78, 5) is 24.5. The quantitative estimate of drug-likeness (QED) is 0.206. The Hall–Kier alpha value is -4.65. The third kappa shape index (κ3) is 6.32. The lowest BCUT2D eigenvalue weighted by atomic mass is 10.1. The molecule has 0 bridgehead atoms. The van der Waals surface area contributed by atoms with Crippen molar-refractivity contribution in [1.82, 2.24) is 9.99 Å². The second-order valence-electron chi connectivity index (χ2n) is 8.90. The molecule has 0 aliphatic carbocycles. The molecule has 2 N–H and O–H groups in total. The highest BCUT2D eigenvalue weighted by molar-refractivity contribution is 6.39. The van der Waals surface area contributed by atoms with Crippen LogP contribution in [0.2, 0.25) is 0 Å². The fourth-order valence-electron chi connectivity index (χ4n) is 4.12. The maximum atomic E-state index is 12.3. The predicted octanol–water partition coefficient (Wildman–Crippen LogP) is 5.38. The van der Waals surface area contributed by atoms with E-state index in [4.69, 9.17) is 4.74 Å².